The molecular weight excluding hydrogens is 346 g/mol. The van der Waals surface area contributed by atoms with Gasteiger partial charge in [0.15, 0.2) is 0 Å². The van der Waals surface area contributed by atoms with Gasteiger partial charge in [-0.2, -0.15) is 0 Å². The molecule has 4 nitrogen and oxygen atoms in total. The highest BCUT2D eigenvalue weighted by Gasteiger charge is 2.26. The van der Waals surface area contributed by atoms with E-state index in [2.05, 4.69) is 17.2 Å². The van der Waals surface area contributed by atoms with Crippen LogP contribution < -0.4 is 10.1 Å². The van der Waals surface area contributed by atoms with Gasteiger partial charge in [-0.1, -0.05) is 30.2 Å². The van der Waals surface area contributed by atoms with Crippen LogP contribution in [0.5, 0.6) is 5.75 Å². The van der Waals surface area contributed by atoms with E-state index in [1.54, 1.807) is 6.92 Å². The molecule has 134 valence electrons. The molecule has 1 atom stereocenters. The van der Waals surface area contributed by atoms with Gasteiger partial charge < -0.3 is 14.5 Å². The van der Waals surface area contributed by atoms with Gasteiger partial charge in [0.05, 0.1) is 10.9 Å². The minimum Gasteiger partial charge on any atom is -0.469 e. The Kier molecular flexibility index (Phi) is 5.15. The van der Waals surface area contributed by atoms with E-state index in [1.807, 2.05) is 62.6 Å². The van der Waals surface area contributed by atoms with Crippen molar-refractivity contribution in [3.63, 3.8) is 0 Å². The van der Waals surface area contributed by atoms with Gasteiger partial charge in [0.2, 0.25) is 5.44 Å². The maximum absolute atomic E-state index is 12.7. The topological polar surface area (TPSA) is 51.5 Å². The van der Waals surface area contributed by atoms with Gasteiger partial charge in [0.1, 0.15) is 16.9 Å². The Morgan fingerprint density at radius 2 is 1.92 bits per heavy atom. The molecule has 1 amide bonds. The highest BCUT2D eigenvalue weighted by Crippen LogP contribution is 2.36. The Hall–Kier alpha value is -2.58. The number of benzene rings is 2. The molecule has 1 unspecified atom stereocenters. The van der Waals surface area contributed by atoms with Crippen LogP contribution in [0.25, 0.3) is 21.9 Å². The van der Waals surface area contributed by atoms with E-state index in [-0.39, 0.29) is 5.91 Å². The zero-order valence-corrected chi connectivity index (χ0v) is 16.1. The number of fused-ring (bicyclic) bond motifs is 3. The highest BCUT2D eigenvalue weighted by molar-refractivity contribution is 7.99. The fourth-order valence-electron chi connectivity index (χ4n) is 2.88. The fraction of sp³-hybridized carbons (Fsp3) is 0.286. The maximum atomic E-state index is 12.7. The predicted molar refractivity (Wildman–Crippen MR) is 107 cm³/mol. The standard InChI is InChI=1S/C21H21NO3S/c1-5-13-21(2,3)22-19(23)20(26-4)25-17-12-8-11-16-18(17)14-9-6-7-10-15(14)24-16/h6-12,20H,1-4H3,(H,22,23). The molecule has 26 heavy (non-hydrogen) atoms. The SMILES string of the molecule is CC#CC(C)(C)NC(=O)C(Oc1cccc2oc3ccccc3c12)SC. The molecule has 2 aromatic carbocycles. The first-order chi connectivity index (χ1) is 12.4. The van der Waals surface area contributed by atoms with Crippen molar-refractivity contribution in [2.45, 2.75) is 31.7 Å². The molecule has 0 radical (unpaired) electrons. The molecule has 1 N–H and O–H groups in total. The number of amides is 1. The van der Waals surface area contributed by atoms with E-state index in [1.165, 1.54) is 11.8 Å². The highest BCUT2D eigenvalue weighted by atomic mass is 32.2. The Labute approximate surface area is 157 Å². The van der Waals surface area contributed by atoms with Crippen LogP contribution in [0, 0.1) is 11.8 Å². The van der Waals surface area contributed by atoms with Gasteiger partial charge in [0.25, 0.3) is 5.91 Å². The van der Waals surface area contributed by atoms with Crippen LogP contribution in [0.3, 0.4) is 0 Å². The summed E-state index contributed by atoms with van der Waals surface area (Å²) in [5.41, 5.74) is 0.230. The average molecular weight is 367 g/mol. The average Bonchev–Trinajstić information content (AvgIpc) is 2.98. The Bertz CT molecular complexity index is 1010. The molecule has 0 aliphatic rings. The third-order valence-electron chi connectivity index (χ3n) is 3.90. The van der Waals surface area contributed by atoms with Crippen LogP contribution in [0.1, 0.15) is 20.8 Å². The molecule has 3 aromatic rings. The van der Waals surface area contributed by atoms with Crippen molar-refractivity contribution in [1.29, 1.82) is 0 Å². The largest absolute Gasteiger partial charge is 0.469 e. The summed E-state index contributed by atoms with van der Waals surface area (Å²) in [5.74, 6) is 6.23. The van der Waals surface area contributed by atoms with Gasteiger partial charge in [-0.15, -0.1) is 17.7 Å². The smallest absolute Gasteiger partial charge is 0.272 e. The maximum Gasteiger partial charge on any atom is 0.272 e. The second-order valence-corrected chi connectivity index (χ2v) is 7.30. The van der Waals surface area contributed by atoms with Crippen molar-refractivity contribution in [3.8, 4) is 17.6 Å². The number of para-hydroxylation sites is 1. The lowest BCUT2D eigenvalue weighted by Gasteiger charge is -2.24. The van der Waals surface area contributed by atoms with Crippen LogP contribution in [0.2, 0.25) is 0 Å². The number of hydrogen-bond donors (Lipinski definition) is 1. The van der Waals surface area contributed by atoms with Gasteiger partial charge >= 0.3 is 0 Å². The summed E-state index contributed by atoms with van der Waals surface area (Å²) < 4.78 is 11.9. The lowest BCUT2D eigenvalue weighted by atomic mass is 10.1. The predicted octanol–water partition coefficient (Wildman–Crippen LogP) is 4.57. The van der Waals surface area contributed by atoms with E-state index in [0.717, 1.165) is 21.9 Å². The molecule has 0 spiro atoms. The summed E-state index contributed by atoms with van der Waals surface area (Å²) in [4.78, 5) is 12.7. The third kappa shape index (κ3) is 3.66. The first kappa shape index (κ1) is 18.2. The minimum atomic E-state index is -0.688. The fourth-order valence-corrected chi connectivity index (χ4v) is 3.35. The first-order valence-electron chi connectivity index (χ1n) is 8.31. The van der Waals surface area contributed by atoms with E-state index < -0.39 is 11.0 Å². The van der Waals surface area contributed by atoms with Gasteiger partial charge in [-0.3, -0.25) is 4.79 Å². The molecule has 0 saturated carbocycles. The molecule has 0 fully saturated rings. The first-order valence-corrected chi connectivity index (χ1v) is 9.59. The van der Waals surface area contributed by atoms with Crippen LogP contribution in [-0.2, 0) is 4.79 Å². The van der Waals surface area contributed by atoms with Crippen molar-refractivity contribution in [2.75, 3.05) is 6.26 Å². The van der Waals surface area contributed by atoms with Crippen LogP contribution in [-0.4, -0.2) is 23.1 Å². The summed E-state index contributed by atoms with van der Waals surface area (Å²) >= 11 is 1.34. The number of carbonyl (C=O) groups is 1. The second-order valence-electron chi connectivity index (χ2n) is 6.40. The van der Waals surface area contributed by atoms with Crippen LogP contribution in [0.4, 0.5) is 0 Å². The Morgan fingerprint density at radius 1 is 1.19 bits per heavy atom. The number of nitrogens with one attached hydrogen (secondary N) is 1. The van der Waals surface area contributed by atoms with Crippen molar-refractivity contribution in [2.24, 2.45) is 0 Å². The molecule has 0 aliphatic heterocycles. The van der Waals surface area contributed by atoms with Crippen molar-refractivity contribution < 1.29 is 13.9 Å². The monoisotopic (exact) mass is 367 g/mol. The molecular formula is C21H21NO3S. The zero-order valence-electron chi connectivity index (χ0n) is 15.3. The van der Waals surface area contributed by atoms with Gasteiger partial charge in [-0.25, -0.2) is 0 Å². The molecule has 1 heterocycles. The lowest BCUT2D eigenvalue weighted by Crippen LogP contribution is -2.47. The number of hydrogen-bond acceptors (Lipinski definition) is 4. The van der Waals surface area contributed by atoms with E-state index >= 15 is 0 Å². The summed E-state index contributed by atoms with van der Waals surface area (Å²) in [6.07, 6.45) is 1.84. The van der Waals surface area contributed by atoms with Crippen molar-refractivity contribution in [3.05, 3.63) is 42.5 Å². The normalized spacial score (nSPS) is 12.5. The molecule has 0 aliphatic carbocycles. The van der Waals surface area contributed by atoms with Gasteiger partial charge in [-0.05, 0) is 45.2 Å². The minimum absolute atomic E-state index is 0.213. The zero-order chi connectivity index (χ0) is 18.7. The summed E-state index contributed by atoms with van der Waals surface area (Å²) in [5, 5.41) is 4.77. The Morgan fingerprint density at radius 3 is 2.65 bits per heavy atom. The number of thioether (sulfide) groups is 1. The summed E-state index contributed by atoms with van der Waals surface area (Å²) in [6.45, 7) is 5.48. The molecule has 3 rings (SSSR count). The van der Waals surface area contributed by atoms with Crippen molar-refractivity contribution in [1.82, 2.24) is 5.32 Å². The third-order valence-corrected chi connectivity index (χ3v) is 4.64. The quantitative estimate of drug-likeness (QED) is 0.530. The number of furan rings is 1. The van der Waals surface area contributed by atoms with E-state index in [4.69, 9.17) is 9.15 Å². The van der Waals surface area contributed by atoms with Crippen LogP contribution in [0.15, 0.2) is 46.9 Å². The number of rotatable bonds is 5. The molecule has 0 saturated heterocycles. The Balaban J connectivity index is 1.93. The number of carbonyl (C=O) groups excluding carboxylic acids is 1. The van der Waals surface area contributed by atoms with E-state index in [9.17, 15) is 4.79 Å². The molecule has 0 bridgehead atoms. The lowest BCUT2D eigenvalue weighted by molar-refractivity contribution is -0.125. The van der Waals surface area contributed by atoms with Crippen molar-refractivity contribution >= 4 is 39.6 Å². The number of ether oxygens (including phenoxy) is 1. The van der Waals surface area contributed by atoms with Gasteiger partial charge in [0, 0.05) is 5.39 Å². The summed E-state index contributed by atoms with van der Waals surface area (Å²) in [7, 11) is 0. The molecule has 1 aromatic heterocycles. The summed E-state index contributed by atoms with van der Waals surface area (Å²) in [6, 6.07) is 13.4. The molecule has 5 heteroatoms. The second kappa shape index (κ2) is 7.35. The van der Waals surface area contributed by atoms with Crippen LogP contribution >= 0.6 is 11.8 Å². The van der Waals surface area contributed by atoms with E-state index in [0.29, 0.717) is 5.75 Å².